The van der Waals surface area contributed by atoms with Crippen molar-refractivity contribution in [3.05, 3.63) is 71.0 Å². The first-order chi connectivity index (χ1) is 15.8. The second-order valence-electron chi connectivity index (χ2n) is 7.09. The fourth-order valence-electron chi connectivity index (χ4n) is 2.98. The van der Waals surface area contributed by atoms with E-state index in [1.807, 2.05) is 6.07 Å². The molecule has 0 saturated heterocycles. The van der Waals surface area contributed by atoms with Crippen molar-refractivity contribution >= 4 is 39.1 Å². The monoisotopic (exact) mass is 485 g/mol. The van der Waals surface area contributed by atoms with Crippen molar-refractivity contribution in [3.63, 3.8) is 0 Å². The van der Waals surface area contributed by atoms with Gasteiger partial charge in [0.2, 0.25) is 11.8 Å². The number of halogens is 1. The molecule has 0 fully saturated rings. The minimum atomic E-state index is -3.83. The first-order valence-electron chi connectivity index (χ1n) is 9.76. The average molecular weight is 486 g/mol. The smallest absolute Gasteiger partial charge is 0.264 e. The molecule has 0 radical (unpaired) electrons. The highest BCUT2D eigenvalue weighted by Gasteiger charge is 2.19. The van der Waals surface area contributed by atoms with E-state index in [4.69, 9.17) is 20.9 Å². The van der Waals surface area contributed by atoms with Crippen molar-refractivity contribution < 1.29 is 17.7 Å². The summed E-state index contributed by atoms with van der Waals surface area (Å²) < 4.78 is 38.2. The highest BCUT2D eigenvalue weighted by atomic mass is 35.5. The van der Waals surface area contributed by atoms with E-state index in [2.05, 4.69) is 25.2 Å². The van der Waals surface area contributed by atoms with Crippen molar-refractivity contribution in [2.75, 3.05) is 17.1 Å². The molecular weight excluding hydrogens is 466 g/mol. The van der Waals surface area contributed by atoms with Gasteiger partial charge in [0.15, 0.2) is 0 Å². The van der Waals surface area contributed by atoms with Gasteiger partial charge < -0.3 is 14.6 Å². The van der Waals surface area contributed by atoms with Crippen LogP contribution < -0.4 is 14.8 Å². The third-order valence-electron chi connectivity index (χ3n) is 4.90. The Morgan fingerprint density at radius 1 is 1.06 bits per heavy atom. The van der Waals surface area contributed by atoms with Crippen molar-refractivity contribution in [2.45, 2.75) is 18.7 Å². The van der Waals surface area contributed by atoms with Gasteiger partial charge in [-0.05, 0) is 62.4 Å². The summed E-state index contributed by atoms with van der Waals surface area (Å²) >= 11 is 6.04. The normalized spacial score (nSPS) is 11.3. The van der Waals surface area contributed by atoms with E-state index in [1.165, 1.54) is 12.1 Å². The standard InChI is InChI=1S/C22H20ClN5O4S/c1-13-14(2)27-32-21(13)28-33(29,30)17-7-5-16(6-8-17)25-22-24-11-10-19(26-22)18-9-4-15(23)12-20(18)31-3/h4-12,28H,1-3H3,(H,24,25,26). The summed E-state index contributed by atoms with van der Waals surface area (Å²) in [6, 6.07) is 13.2. The molecule has 4 aromatic rings. The molecule has 0 aliphatic carbocycles. The fraction of sp³-hybridized carbons (Fsp3) is 0.136. The number of nitrogens with zero attached hydrogens (tertiary/aromatic N) is 3. The third-order valence-corrected chi connectivity index (χ3v) is 6.48. The first-order valence-corrected chi connectivity index (χ1v) is 11.6. The summed E-state index contributed by atoms with van der Waals surface area (Å²) in [5, 5.41) is 7.39. The van der Waals surface area contributed by atoms with Crippen LogP contribution in [0.15, 0.2) is 64.1 Å². The zero-order valence-corrected chi connectivity index (χ0v) is 19.5. The number of anilines is 3. The summed E-state index contributed by atoms with van der Waals surface area (Å²) in [4.78, 5) is 8.82. The van der Waals surface area contributed by atoms with E-state index in [-0.39, 0.29) is 10.8 Å². The van der Waals surface area contributed by atoms with Crippen LogP contribution in [0, 0.1) is 13.8 Å². The van der Waals surface area contributed by atoms with Gasteiger partial charge in [0.1, 0.15) is 5.75 Å². The topological polar surface area (TPSA) is 119 Å². The maximum Gasteiger partial charge on any atom is 0.264 e. The Labute approximate surface area is 195 Å². The highest BCUT2D eigenvalue weighted by molar-refractivity contribution is 7.92. The molecule has 2 aromatic carbocycles. The average Bonchev–Trinajstić information content (AvgIpc) is 3.11. The highest BCUT2D eigenvalue weighted by Crippen LogP contribution is 2.31. The first kappa shape index (κ1) is 22.6. The predicted octanol–water partition coefficient (Wildman–Crippen LogP) is 4.95. The molecule has 0 unspecified atom stereocenters. The number of aromatic nitrogens is 3. The zero-order chi connectivity index (χ0) is 23.6. The van der Waals surface area contributed by atoms with Crippen LogP contribution in [-0.4, -0.2) is 30.7 Å². The molecule has 0 spiro atoms. The van der Waals surface area contributed by atoms with Crippen LogP contribution in [0.25, 0.3) is 11.3 Å². The predicted molar refractivity (Wildman–Crippen MR) is 126 cm³/mol. The van der Waals surface area contributed by atoms with E-state index in [0.29, 0.717) is 39.4 Å². The van der Waals surface area contributed by atoms with Crippen LogP contribution in [0.1, 0.15) is 11.3 Å². The van der Waals surface area contributed by atoms with E-state index in [1.54, 1.807) is 57.5 Å². The quantitative estimate of drug-likeness (QED) is 0.377. The SMILES string of the molecule is COc1cc(Cl)ccc1-c1ccnc(Nc2ccc(S(=O)(=O)Nc3onc(C)c3C)cc2)n1. The van der Waals surface area contributed by atoms with Gasteiger partial charge in [-0.2, -0.15) is 0 Å². The molecule has 0 saturated carbocycles. The van der Waals surface area contributed by atoms with Gasteiger partial charge >= 0.3 is 0 Å². The van der Waals surface area contributed by atoms with Gasteiger partial charge in [-0.15, -0.1) is 0 Å². The summed E-state index contributed by atoms with van der Waals surface area (Å²) in [5.74, 6) is 1.02. The lowest BCUT2D eigenvalue weighted by Crippen LogP contribution is -2.13. The van der Waals surface area contributed by atoms with Gasteiger partial charge in [0, 0.05) is 28.0 Å². The molecule has 0 amide bonds. The van der Waals surface area contributed by atoms with Gasteiger partial charge in [-0.1, -0.05) is 16.8 Å². The summed E-state index contributed by atoms with van der Waals surface area (Å²) in [6.07, 6.45) is 1.61. The molecule has 2 N–H and O–H groups in total. The van der Waals surface area contributed by atoms with Crippen molar-refractivity contribution in [3.8, 4) is 17.0 Å². The van der Waals surface area contributed by atoms with Crippen LogP contribution in [-0.2, 0) is 10.0 Å². The molecule has 33 heavy (non-hydrogen) atoms. The molecule has 170 valence electrons. The minimum absolute atomic E-state index is 0.0714. The number of benzene rings is 2. The van der Waals surface area contributed by atoms with Crippen LogP contribution in [0.2, 0.25) is 5.02 Å². The number of ether oxygens (including phenoxy) is 1. The lowest BCUT2D eigenvalue weighted by Gasteiger charge is -2.11. The summed E-state index contributed by atoms with van der Waals surface area (Å²) in [6.45, 7) is 3.46. The second kappa shape index (κ2) is 9.08. The number of nitrogens with one attached hydrogen (secondary N) is 2. The van der Waals surface area contributed by atoms with E-state index in [9.17, 15) is 8.42 Å². The lowest BCUT2D eigenvalue weighted by molar-refractivity contribution is 0.416. The van der Waals surface area contributed by atoms with Gasteiger partial charge in [-0.25, -0.2) is 23.1 Å². The van der Waals surface area contributed by atoms with Crippen LogP contribution in [0.5, 0.6) is 5.75 Å². The van der Waals surface area contributed by atoms with E-state index >= 15 is 0 Å². The molecular formula is C22H20ClN5O4S. The van der Waals surface area contributed by atoms with E-state index < -0.39 is 10.0 Å². The molecule has 0 bridgehead atoms. The Hall–Kier alpha value is -3.63. The number of aryl methyl sites for hydroxylation is 1. The maximum atomic E-state index is 12.7. The van der Waals surface area contributed by atoms with Crippen molar-refractivity contribution in [2.24, 2.45) is 0 Å². The van der Waals surface area contributed by atoms with Crippen LogP contribution >= 0.6 is 11.6 Å². The number of hydrogen-bond donors (Lipinski definition) is 2. The van der Waals surface area contributed by atoms with Crippen molar-refractivity contribution in [1.29, 1.82) is 0 Å². The number of hydrogen-bond acceptors (Lipinski definition) is 8. The molecule has 2 heterocycles. The lowest BCUT2D eigenvalue weighted by atomic mass is 10.1. The maximum absolute atomic E-state index is 12.7. The Balaban J connectivity index is 1.53. The molecule has 0 atom stereocenters. The largest absolute Gasteiger partial charge is 0.496 e. The van der Waals surface area contributed by atoms with Gasteiger partial charge in [0.25, 0.3) is 10.0 Å². The Morgan fingerprint density at radius 3 is 2.48 bits per heavy atom. The summed E-state index contributed by atoms with van der Waals surface area (Å²) in [7, 11) is -2.27. The van der Waals surface area contributed by atoms with Gasteiger partial charge in [-0.3, -0.25) is 0 Å². The van der Waals surface area contributed by atoms with Gasteiger partial charge in [0.05, 0.1) is 23.4 Å². The number of sulfonamides is 1. The third kappa shape index (κ3) is 4.91. The summed E-state index contributed by atoms with van der Waals surface area (Å²) in [5.41, 5.74) is 3.26. The van der Waals surface area contributed by atoms with Crippen LogP contribution in [0.4, 0.5) is 17.5 Å². The molecule has 0 aliphatic rings. The molecule has 4 rings (SSSR count). The van der Waals surface area contributed by atoms with E-state index in [0.717, 1.165) is 5.56 Å². The molecule has 9 nitrogen and oxygen atoms in total. The molecule has 0 aliphatic heterocycles. The molecule has 2 aromatic heterocycles. The van der Waals surface area contributed by atoms with Crippen LogP contribution in [0.3, 0.4) is 0 Å². The second-order valence-corrected chi connectivity index (χ2v) is 9.21. The number of methoxy groups -OCH3 is 1. The van der Waals surface area contributed by atoms with Crippen molar-refractivity contribution in [1.82, 2.24) is 15.1 Å². The number of rotatable bonds is 7. The Morgan fingerprint density at radius 2 is 1.82 bits per heavy atom. The minimum Gasteiger partial charge on any atom is -0.496 e. The Kier molecular flexibility index (Phi) is 6.21. The molecule has 11 heteroatoms. The fourth-order valence-corrected chi connectivity index (χ4v) is 4.19. The Bertz CT molecular complexity index is 1400. The zero-order valence-electron chi connectivity index (χ0n) is 18.0.